The minimum absolute atomic E-state index is 0.0530. The lowest BCUT2D eigenvalue weighted by Crippen LogP contribution is -2.54. The van der Waals surface area contributed by atoms with Gasteiger partial charge in [0.25, 0.3) is 0 Å². The van der Waals surface area contributed by atoms with Crippen LogP contribution in [0.25, 0.3) is 0 Å². The van der Waals surface area contributed by atoms with E-state index in [2.05, 4.69) is 15.3 Å². The summed E-state index contributed by atoms with van der Waals surface area (Å²) in [6, 6.07) is 7.33. The minimum atomic E-state index is -4.46. The Bertz CT molecular complexity index is 884. The molecule has 1 fully saturated rings. The molecule has 1 amide bonds. The number of thiazole rings is 1. The molecule has 1 aliphatic rings. The maximum absolute atomic E-state index is 12.7. The Kier molecular flexibility index (Phi) is 6.63. The molecule has 29 heavy (non-hydrogen) atoms. The number of carbonyl (C=O) groups is 1. The average Bonchev–Trinajstić information content (AvgIpc) is 3.15. The van der Waals surface area contributed by atoms with Crippen LogP contribution in [0.4, 0.5) is 13.2 Å². The van der Waals surface area contributed by atoms with Gasteiger partial charge in [-0.1, -0.05) is 23.7 Å². The lowest BCUT2D eigenvalue weighted by Gasteiger charge is -2.36. The monoisotopic (exact) mass is 445 g/mol. The third kappa shape index (κ3) is 5.60. The lowest BCUT2D eigenvalue weighted by atomic mass is 10.2. The van der Waals surface area contributed by atoms with Crippen molar-refractivity contribution in [1.29, 1.82) is 0 Å². The number of nitrogens with zero attached hydrogens (tertiary/aromatic N) is 4. The molecule has 0 saturated carbocycles. The maximum Gasteiger partial charge on any atom is 0.434 e. The summed E-state index contributed by atoms with van der Waals surface area (Å²) in [6.07, 6.45) is -4.46. The maximum atomic E-state index is 12.7. The van der Waals surface area contributed by atoms with Gasteiger partial charge in [0, 0.05) is 37.1 Å². The van der Waals surface area contributed by atoms with Crippen LogP contribution in [0.1, 0.15) is 16.3 Å². The van der Waals surface area contributed by atoms with Gasteiger partial charge in [-0.15, -0.1) is 11.3 Å². The Morgan fingerprint density at radius 3 is 2.62 bits per heavy atom. The molecule has 11 heteroatoms. The van der Waals surface area contributed by atoms with Gasteiger partial charge in [-0.3, -0.25) is 9.79 Å². The summed E-state index contributed by atoms with van der Waals surface area (Å²) in [5, 5.41) is 4.91. The fourth-order valence-electron chi connectivity index (χ4n) is 2.88. The molecule has 0 spiro atoms. The number of alkyl halides is 3. The minimum Gasteiger partial charge on any atom is -0.350 e. The normalized spacial score (nSPS) is 15.8. The quantitative estimate of drug-likeness (QED) is 0.580. The number of guanidine groups is 1. The standard InChI is InChI=1S/C18H19ClF3N5OS/c1-23-17(24-8-15-25-14(11-29-15)18(20,21)22)27-7-6-26(16(28)10-27)9-12-2-4-13(19)5-3-12/h2-5,11H,6-10H2,1H3,(H,23,24). The number of piperazine rings is 1. The van der Waals surface area contributed by atoms with Gasteiger partial charge < -0.3 is 15.1 Å². The largest absolute Gasteiger partial charge is 0.434 e. The van der Waals surface area contributed by atoms with Gasteiger partial charge >= 0.3 is 6.18 Å². The van der Waals surface area contributed by atoms with Crippen molar-refractivity contribution >= 4 is 34.8 Å². The SMILES string of the molecule is CN=C(NCc1nc(C(F)(F)F)cs1)N1CCN(Cc2ccc(Cl)cc2)C(=O)C1. The number of aromatic nitrogens is 1. The van der Waals surface area contributed by atoms with Crippen molar-refractivity contribution in [2.24, 2.45) is 4.99 Å². The lowest BCUT2D eigenvalue weighted by molar-refractivity contribution is -0.140. The fourth-order valence-corrected chi connectivity index (χ4v) is 3.74. The van der Waals surface area contributed by atoms with Crippen LogP contribution in [-0.2, 0) is 24.1 Å². The van der Waals surface area contributed by atoms with Crippen LogP contribution in [0, 0.1) is 0 Å². The number of carbonyl (C=O) groups excluding carboxylic acids is 1. The third-order valence-corrected chi connectivity index (χ3v) is 5.46. The molecule has 1 aromatic carbocycles. The first-order valence-corrected chi connectivity index (χ1v) is 10.0. The highest BCUT2D eigenvalue weighted by Gasteiger charge is 2.33. The Labute approximate surface area is 175 Å². The summed E-state index contributed by atoms with van der Waals surface area (Å²) in [4.78, 5) is 23.8. The molecule has 1 aromatic heterocycles. The first kappa shape index (κ1) is 21.4. The molecule has 1 saturated heterocycles. The number of rotatable bonds is 4. The van der Waals surface area contributed by atoms with Crippen molar-refractivity contribution in [3.05, 3.63) is 50.9 Å². The second kappa shape index (κ2) is 9.00. The molecular weight excluding hydrogens is 427 g/mol. The van der Waals surface area contributed by atoms with E-state index < -0.39 is 11.9 Å². The Morgan fingerprint density at radius 2 is 2.03 bits per heavy atom. The summed E-state index contributed by atoms with van der Waals surface area (Å²) < 4.78 is 38.0. The zero-order valence-corrected chi connectivity index (χ0v) is 17.1. The van der Waals surface area contributed by atoms with Crippen molar-refractivity contribution in [2.45, 2.75) is 19.3 Å². The number of aliphatic imine (C=N–C) groups is 1. The number of halogens is 4. The van der Waals surface area contributed by atoms with Gasteiger partial charge in [-0.25, -0.2) is 4.98 Å². The average molecular weight is 446 g/mol. The van der Waals surface area contributed by atoms with Gasteiger partial charge in [-0.05, 0) is 17.7 Å². The highest BCUT2D eigenvalue weighted by Crippen LogP contribution is 2.29. The fraction of sp³-hybridized carbons (Fsp3) is 0.389. The van der Waals surface area contributed by atoms with E-state index in [1.165, 1.54) is 0 Å². The van der Waals surface area contributed by atoms with Gasteiger partial charge in [0.15, 0.2) is 11.7 Å². The summed E-state index contributed by atoms with van der Waals surface area (Å²) in [7, 11) is 1.57. The molecule has 0 aliphatic carbocycles. The first-order chi connectivity index (χ1) is 13.8. The summed E-state index contributed by atoms with van der Waals surface area (Å²) in [5.41, 5.74) is 0.0863. The number of amides is 1. The molecule has 6 nitrogen and oxygen atoms in total. The van der Waals surface area contributed by atoms with E-state index in [0.29, 0.717) is 35.6 Å². The molecular formula is C18H19ClF3N5OS. The molecule has 0 unspecified atom stereocenters. The molecule has 2 aromatic rings. The van der Waals surface area contributed by atoms with Crippen molar-refractivity contribution in [1.82, 2.24) is 20.1 Å². The first-order valence-electron chi connectivity index (χ1n) is 8.75. The summed E-state index contributed by atoms with van der Waals surface area (Å²) in [5.74, 6) is 0.399. The van der Waals surface area contributed by atoms with E-state index >= 15 is 0 Å². The van der Waals surface area contributed by atoms with Crippen molar-refractivity contribution in [3.8, 4) is 0 Å². The summed E-state index contributed by atoms with van der Waals surface area (Å²) in [6.45, 7) is 1.81. The van der Waals surface area contributed by atoms with Crippen LogP contribution < -0.4 is 5.32 Å². The van der Waals surface area contributed by atoms with E-state index in [4.69, 9.17) is 11.6 Å². The molecule has 0 atom stereocenters. The van der Waals surface area contributed by atoms with Crippen molar-refractivity contribution < 1.29 is 18.0 Å². The Balaban J connectivity index is 1.54. The second-order valence-corrected chi connectivity index (χ2v) is 7.77. The van der Waals surface area contributed by atoms with E-state index in [0.717, 1.165) is 22.3 Å². The van der Waals surface area contributed by atoms with Gasteiger partial charge in [0.1, 0.15) is 5.01 Å². The van der Waals surface area contributed by atoms with Crippen LogP contribution in [0.2, 0.25) is 5.02 Å². The molecule has 0 bridgehead atoms. The van der Waals surface area contributed by atoms with Crippen LogP contribution in [0.3, 0.4) is 0 Å². The van der Waals surface area contributed by atoms with E-state index in [-0.39, 0.29) is 19.0 Å². The smallest absolute Gasteiger partial charge is 0.350 e. The van der Waals surface area contributed by atoms with Crippen LogP contribution in [-0.4, -0.2) is 53.3 Å². The molecule has 1 aliphatic heterocycles. The van der Waals surface area contributed by atoms with E-state index in [1.807, 2.05) is 12.1 Å². The molecule has 3 rings (SSSR count). The third-order valence-electron chi connectivity index (χ3n) is 4.36. The van der Waals surface area contributed by atoms with E-state index in [9.17, 15) is 18.0 Å². The highest BCUT2D eigenvalue weighted by atomic mass is 35.5. The summed E-state index contributed by atoms with van der Waals surface area (Å²) >= 11 is 6.81. The predicted molar refractivity (Wildman–Crippen MR) is 106 cm³/mol. The molecule has 0 radical (unpaired) electrons. The second-order valence-electron chi connectivity index (χ2n) is 6.39. The van der Waals surface area contributed by atoms with E-state index in [1.54, 1.807) is 29.0 Å². The van der Waals surface area contributed by atoms with Crippen LogP contribution in [0.15, 0.2) is 34.6 Å². The zero-order chi connectivity index (χ0) is 21.0. The Morgan fingerprint density at radius 1 is 1.31 bits per heavy atom. The molecule has 2 heterocycles. The molecule has 156 valence electrons. The highest BCUT2D eigenvalue weighted by molar-refractivity contribution is 7.09. The topological polar surface area (TPSA) is 60.8 Å². The number of nitrogens with one attached hydrogen (secondary N) is 1. The Hall–Kier alpha value is -2.33. The number of hydrogen-bond acceptors (Lipinski definition) is 4. The van der Waals surface area contributed by atoms with Crippen molar-refractivity contribution in [3.63, 3.8) is 0 Å². The van der Waals surface area contributed by atoms with Gasteiger partial charge in [-0.2, -0.15) is 13.2 Å². The molecule has 1 N–H and O–H groups in total. The van der Waals surface area contributed by atoms with Gasteiger partial charge in [0.05, 0.1) is 13.1 Å². The number of benzene rings is 1. The van der Waals surface area contributed by atoms with Crippen LogP contribution in [0.5, 0.6) is 0 Å². The van der Waals surface area contributed by atoms with Gasteiger partial charge in [0.2, 0.25) is 5.91 Å². The van der Waals surface area contributed by atoms with Crippen molar-refractivity contribution in [2.75, 3.05) is 26.7 Å². The number of hydrogen-bond donors (Lipinski definition) is 1. The zero-order valence-electron chi connectivity index (χ0n) is 15.5. The predicted octanol–water partition coefficient (Wildman–Crippen LogP) is 3.24. The van der Waals surface area contributed by atoms with Crippen LogP contribution >= 0.6 is 22.9 Å².